The Morgan fingerprint density at radius 3 is 2.70 bits per heavy atom. The second-order valence-electron chi connectivity index (χ2n) is 5.99. The number of hydrogen-bond acceptors (Lipinski definition) is 3. The number of nitrogens with two attached hydrogens (primary N) is 1. The lowest BCUT2D eigenvalue weighted by Gasteiger charge is -2.31. The van der Waals surface area contributed by atoms with Crippen molar-refractivity contribution in [3.8, 4) is 5.75 Å². The van der Waals surface area contributed by atoms with Crippen molar-refractivity contribution in [2.45, 2.75) is 33.1 Å². The van der Waals surface area contributed by atoms with Gasteiger partial charge in [0.2, 0.25) is 0 Å². The van der Waals surface area contributed by atoms with Crippen LogP contribution in [-0.4, -0.2) is 37.7 Å². The summed E-state index contributed by atoms with van der Waals surface area (Å²) in [6, 6.07) is 6.38. The van der Waals surface area contributed by atoms with E-state index in [4.69, 9.17) is 10.5 Å². The molecular formula is C17H28N2O. The van der Waals surface area contributed by atoms with Crippen molar-refractivity contribution < 1.29 is 4.74 Å². The second-order valence-corrected chi connectivity index (χ2v) is 5.99. The number of hydrogen-bond donors (Lipinski definition) is 1. The average Bonchev–Trinajstić information content (AvgIpc) is 2.47. The Hall–Kier alpha value is -1.06. The van der Waals surface area contributed by atoms with E-state index in [0.29, 0.717) is 0 Å². The highest BCUT2D eigenvalue weighted by atomic mass is 16.5. The molecule has 1 aliphatic rings. The van der Waals surface area contributed by atoms with Gasteiger partial charge in [-0.2, -0.15) is 0 Å². The second kappa shape index (κ2) is 7.65. The first kappa shape index (κ1) is 15.3. The normalized spacial score (nSPS) is 17.4. The zero-order valence-electron chi connectivity index (χ0n) is 12.9. The van der Waals surface area contributed by atoms with Crippen LogP contribution in [0.4, 0.5) is 0 Å². The molecule has 2 N–H and O–H groups in total. The highest BCUT2D eigenvalue weighted by molar-refractivity contribution is 5.35. The third-order valence-corrected chi connectivity index (χ3v) is 4.26. The predicted molar refractivity (Wildman–Crippen MR) is 84.2 cm³/mol. The molecule has 1 aliphatic heterocycles. The van der Waals surface area contributed by atoms with Gasteiger partial charge in [0, 0.05) is 6.54 Å². The molecule has 1 fully saturated rings. The lowest BCUT2D eigenvalue weighted by Crippen LogP contribution is -2.37. The summed E-state index contributed by atoms with van der Waals surface area (Å²) < 4.78 is 5.90. The molecule has 2 rings (SSSR count). The molecule has 1 heterocycles. The van der Waals surface area contributed by atoms with E-state index in [-0.39, 0.29) is 0 Å². The van der Waals surface area contributed by atoms with Crippen molar-refractivity contribution in [2.24, 2.45) is 11.7 Å². The molecule has 112 valence electrons. The van der Waals surface area contributed by atoms with Crippen LogP contribution in [0.3, 0.4) is 0 Å². The van der Waals surface area contributed by atoms with Crippen LogP contribution in [0.1, 0.15) is 30.4 Å². The molecule has 3 heteroatoms. The maximum absolute atomic E-state index is 5.90. The van der Waals surface area contributed by atoms with Crippen LogP contribution in [0.15, 0.2) is 18.2 Å². The van der Waals surface area contributed by atoms with Crippen molar-refractivity contribution in [2.75, 3.05) is 32.8 Å². The van der Waals surface area contributed by atoms with Gasteiger partial charge in [0.05, 0.1) is 6.61 Å². The molecule has 0 saturated carbocycles. The van der Waals surface area contributed by atoms with Crippen LogP contribution < -0.4 is 10.5 Å². The van der Waals surface area contributed by atoms with E-state index < -0.39 is 0 Å². The minimum absolute atomic E-state index is 0.748. The number of nitrogens with zero attached hydrogens (tertiary/aromatic N) is 1. The molecule has 0 atom stereocenters. The largest absolute Gasteiger partial charge is 0.493 e. The van der Waals surface area contributed by atoms with E-state index in [2.05, 4.69) is 36.9 Å². The molecule has 0 unspecified atom stereocenters. The fraction of sp³-hybridized carbons (Fsp3) is 0.647. The maximum Gasteiger partial charge on any atom is 0.122 e. The Balaban J connectivity index is 1.65. The third kappa shape index (κ3) is 4.50. The number of rotatable bonds is 6. The fourth-order valence-electron chi connectivity index (χ4n) is 2.78. The van der Waals surface area contributed by atoms with Gasteiger partial charge >= 0.3 is 0 Å². The monoisotopic (exact) mass is 276 g/mol. The van der Waals surface area contributed by atoms with Gasteiger partial charge in [0.25, 0.3) is 0 Å². The number of piperidine rings is 1. The molecule has 0 aliphatic carbocycles. The minimum Gasteiger partial charge on any atom is -0.493 e. The van der Waals surface area contributed by atoms with E-state index >= 15 is 0 Å². The van der Waals surface area contributed by atoms with E-state index in [1.54, 1.807) is 0 Å². The standard InChI is InChI=1S/C17H28N2O/c1-14-4-5-15(2)17(12-14)20-11-3-8-19-9-6-16(13-18)7-10-19/h4-5,12,16H,3,6-11,13,18H2,1-2H3. The summed E-state index contributed by atoms with van der Waals surface area (Å²) in [5.41, 5.74) is 8.20. The van der Waals surface area contributed by atoms with E-state index in [9.17, 15) is 0 Å². The van der Waals surface area contributed by atoms with Crippen molar-refractivity contribution in [1.82, 2.24) is 4.90 Å². The zero-order valence-corrected chi connectivity index (χ0v) is 12.9. The van der Waals surface area contributed by atoms with Gasteiger partial charge in [0.15, 0.2) is 0 Å². The summed E-state index contributed by atoms with van der Waals surface area (Å²) in [5.74, 6) is 1.78. The Bertz CT molecular complexity index is 411. The summed E-state index contributed by atoms with van der Waals surface area (Å²) in [4.78, 5) is 2.54. The lowest BCUT2D eigenvalue weighted by molar-refractivity contribution is 0.173. The molecule has 20 heavy (non-hydrogen) atoms. The lowest BCUT2D eigenvalue weighted by atomic mass is 9.97. The zero-order chi connectivity index (χ0) is 14.4. The average molecular weight is 276 g/mol. The van der Waals surface area contributed by atoms with Gasteiger partial charge in [-0.05, 0) is 75.9 Å². The predicted octanol–water partition coefficient (Wildman–Crippen LogP) is 2.74. The number of likely N-dealkylation sites (tertiary alicyclic amines) is 1. The number of aryl methyl sites for hydroxylation is 2. The summed E-state index contributed by atoms with van der Waals surface area (Å²) >= 11 is 0. The Kier molecular flexibility index (Phi) is 5.86. The molecule has 0 aromatic heterocycles. The Morgan fingerprint density at radius 2 is 2.00 bits per heavy atom. The van der Waals surface area contributed by atoms with E-state index in [0.717, 1.165) is 37.8 Å². The smallest absolute Gasteiger partial charge is 0.122 e. The van der Waals surface area contributed by atoms with Gasteiger partial charge < -0.3 is 15.4 Å². The van der Waals surface area contributed by atoms with Crippen molar-refractivity contribution in [3.63, 3.8) is 0 Å². The molecule has 3 nitrogen and oxygen atoms in total. The van der Waals surface area contributed by atoms with Crippen molar-refractivity contribution >= 4 is 0 Å². The molecular weight excluding hydrogens is 248 g/mol. The van der Waals surface area contributed by atoms with Crippen molar-refractivity contribution in [1.29, 1.82) is 0 Å². The molecule has 1 aromatic carbocycles. The first-order valence-corrected chi connectivity index (χ1v) is 7.81. The fourth-order valence-corrected chi connectivity index (χ4v) is 2.78. The summed E-state index contributed by atoms with van der Waals surface area (Å²) in [7, 11) is 0. The van der Waals surface area contributed by atoms with Gasteiger partial charge in [-0.1, -0.05) is 12.1 Å². The van der Waals surface area contributed by atoms with Crippen LogP contribution >= 0.6 is 0 Å². The quantitative estimate of drug-likeness (QED) is 0.812. The van der Waals surface area contributed by atoms with Crippen LogP contribution in [0.2, 0.25) is 0 Å². The third-order valence-electron chi connectivity index (χ3n) is 4.26. The van der Waals surface area contributed by atoms with Crippen LogP contribution in [0, 0.1) is 19.8 Å². The van der Waals surface area contributed by atoms with Gasteiger partial charge in [-0.25, -0.2) is 0 Å². The Morgan fingerprint density at radius 1 is 1.25 bits per heavy atom. The Labute approximate surface area is 123 Å². The molecule has 0 spiro atoms. The molecule has 0 bridgehead atoms. The maximum atomic E-state index is 5.90. The molecule has 1 saturated heterocycles. The van der Waals surface area contributed by atoms with Gasteiger partial charge in [-0.15, -0.1) is 0 Å². The van der Waals surface area contributed by atoms with Crippen molar-refractivity contribution in [3.05, 3.63) is 29.3 Å². The number of ether oxygens (including phenoxy) is 1. The molecule has 1 aromatic rings. The SMILES string of the molecule is Cc1ccc(C)c(OCCCN2CCC(CN)CC2)c1. The van der Waals surface area contributed by atoms with Gasteiger partial charge in [0.1, 0.15) is 5.75 Å². The first-order valence-electron chi connectivity index (χ1n) is 7.81. The topological polar surface area (TPSA) is 38.5 Å². The summed E-state index contributed by atoms with van der Waals surface area (Å²) in [6.07, 6.45) is 3.61. The highest BCUT2D eigenvalue weighted by Crippen LogP contribution is 2.19. The summed E-state index contributed by atoms with van der Waals surface area (Å²) in [5, 5.41) is 0. The van der Waals surface area contributed by atoms with Crippen LogP contribution in [0.25, 0.3) is 0 Å². The minimum atomic E-state index is 0.748. The number of benzene rings is 1. The molecule has 0 radical (unpaired) electrons. The van der Waals surface area contributed by atoms with Crippen LogP contribution in [0.5, 0.6) is 5.75 Å². The highest BCUT2D eigenvalue weighted by Gasteiger charge is 2.17. The summed E-state index contributed by atoms with van der Waals surface area (Å²) in [6.45, 7) is 9.41. The molecule has 0 amide bonds. The van der Waals surface area contributed by atoms with E-state index in [1.807, 2.05) is 0 Å². The van der Waals surface area contributed by atoms with E-state index in [1.165, 1.54) is 37.1 Å². The first-order chi connectivity index (χ1) is 9.69. The van der Waals surface area contributed by atoms with Gasteiger partial charge in [-0.3, -0.25) is 0 Å². The van der Waals surface area contributed by atoms with Crippen LogP contribution in [-0.2, 0) is 0 Å².